The van der Waals surface area contributed by atoms with E-state index in [1.165, 1.54) is 4.88 Å². The smallest absolute Gasteiger partial charge is 0.193 e. The molecule has 2 heterocycles. The zero-order chi connectivity index (χ0) is 13.7. The highest BCUT2D eigenvalue weighted by molar-refractivity contribution is 7.11. The summed E-state index contributed by atoms with van der Waals surface area (Å²) in [5.74, 6) is 1.55. The molecule has 1 atom stereocenters. The molecule has 1 unspecified atom stereocenters. The van der Waals surface area contributed by atoms with Crippen molar-refractivity contribution in [2.24, 2.45) is 10.9 Å². The lowest BCUT2D eigenvalue weighted by molar-refractivity contribution is 0.181. The Morgan fingerprint density at radius 2 is 2.53 bits per heavy atom. The van der Waals surface area contributed by atoms with E-state index in [0.717, 1.165) is 43.7 Å². The molecule has 0 aliphatic carbocycles. The minimum atomic E-state index is 0.620. The average Bonchev–Trinajstić information content (AvgIpc) is 3.02. The second-order valence-electron chi connectivity index (χ2n) is 4.86. The Bertz CT molecular complexity index is 426. The van der Waals surface area contributed by atoms with E-state index in [2.05, 4.69) is 27.2 Å². The molecule has 19 heavy (non-hydrogen) atoms. The Labute approximate surface area is 118 Å². The highest BCUT2D eigenvalue weighted by Gasteiger charge is 2.19. The van der Waals surface area contributed by atoms with Gasteiger partial charge in [0.25, 0.3) is 0 Å². The standard InChI is InChI=1S/C13H22N4OS/c1-10-15-6-12(19-10)7-16-13(14-2)17(3)8-11-4-5-18-9-11/h6,11H,4-5,7-9H2,1-3H3,(H,14,16). The van der Waals surface area contributed by atoms with Crippen LogP contribution >= 0.6 is 11.3 Å². The number of rotatable bonds is 4. The number of aryl methyl sites for hydroxylation is 1. The van der Waals surface area contributed by atoms with E-state index >= 15 is 0 Å². The Hall–Kier alpha value is -1.14. The van der Waals surface area contributed by atoms with Crippen LogP contribution in [0.2, 0.25) is 0 Å². The summed E-state index contributed by atoms with van der Waals surface area (Å²) >= 11 is 1.72. The topological polar surface area (TPSA) is 49.8 Å². The van der Waals surface area contributed by atoms with Crippen molar-refractivity contribution in [3.8, 4) is 0 Å². The third-order valence-electron chi connectivity index (χ3n) is 3.22. The maximum Gasteiger partial charge on any atom is 0.193 e. The molecule has 6 heteroatoms. The third kappa shape index (κ3) is 4.18. The number of thiazole rings is 1. The molecule has 0 spiro atoms. The monoisotopic (exact) mass is 282 g/mol. The molecule has 1 N–H and O–H groups in total. The highest BCUT2D eigenvalue weighted by atomic mass is 32.1. The Morgan fingerprint density at radius 1 is 1.68 bits per heavy atom. The lowest BCUT2D eigenvalue weighted by atomic mass is 10.1. The second-order valence-corrected chi connectivity index (χ2v) is 6.18. The first-order valence-electron chi connectivity index (χ1n) is 6.60. The van der Waals surface area contributed by atoms with E-state index in [0.29, 0.717) is 5.92 Å². The number of hydrogen-bond acceptors (Lipinski definition) is 4. The van der Waals surface area contributed by atoms with Gasteiger partial charge >= 0.3 is 0 Å². The van der Waals surface area contributed by atoms with E-state index in [4.69, 9.17) is 4.74 Å². The van der Waals surface area contributed by atoms with Crippen LogP contribution in [0.4, 0.5) is 0 Å². The van der Waals surface area contributed by atoms with Crippen LogP contribution in [0.3, 0.4) is 0 Å². The van der Waals surface area contributed by atoms with E-state index in [-0.39, 0.29) is 0 Å². The second kappa shape index (κ2) is 6.86. The van der Waals surface area contributed by atoms with Crippen LogP contribution in [-0.2, 0) is 11.3 Å². The van der Waals surface area contributed by atoms with Gasteiger partial charge in [0.05, 0.1) is 18.2 Å². The van der Waals surface area contributed by atoms with Gasteiger partial charge in [0.2, 0.25) is 0 Å². The van der Waals surface area contributed by atoms with Crippen molar-refractivity contribution in [3.05, 3.63) is 16.1 Å². The van der Waals surface area contributed by atoms with Crippen LogP contribution in [0.15, 0.2) is 11.2 Å². The molecule has 1 aromatic rings. The summed E-state index contributed by atoms with van der Waals surface area (Å²) in [6, 6.07) is 0. The SMILES string of the molecule is CN=C(NCc1cnc(C)s1)N(C)CC1CCOC1. The number of aliphatic imine (C=N–C) groups is 1. The van der Waals surface area contributed by atoms with Crippen LogP contribution in [0.1, 0.15) is 16.3 Å². The third-order valence-corrected chi connectivity index (χ3v) is 4.13. The van der Waals surface area contributed by atoms with Crippen molar-refractivity contribution in [1.29, 1.82) is 0 Å². The summed E-state index contributed by atoms with van der Waals surface area (Å²) in [4.78, 5) is 12.0. The molecule has 106 valence electrons. The van der Waals surface area contributed by atoms with Crippen LogP contribution < -0.4 is 5.32 Å². The summed E-state index contributed by atoms with van der Waals surface area (Å²) in [5.41, 5.74) is 0. The Kier molecular flexibility index (Phi) is 5.15. The zero-order valence-electron chi connectivity index (χ0n) is 11.8. The number of nitrogens with one attached hydrogen (secondary N) is 1. The van der Waals surface area contributed by atoms with Crippen molar-refractivity contribution in [3.63, 3.8) is 0 Å². The van der Waals surface area contributed by atoms with Crippen LogP contribution in [0, 0.1) is 12.8 Å². The first kappa shape index (κ1) is 14.3. The molecule has 1 aliphatic rings. The quantitative estimate of drug-likeness (QED) is 0.671. The lowest BCUT2D eigenvalue weighted by Crippen LogP contribution is -2.41. The van der Waals surface area contributed by atoms with Gasteiger partial charge in [0.1, 0.15) is 0 Å². The normalized spacial score (nSPS) is 19.7. The maximum atomic E-state index is 5.41. The molecule has 1 saturated heterocycles. The summed E-state index contributed by atoms with van der Waals surface area (Å²) < 4.78 is 5.41. The zero-order valence-corrected chi connectivity index (χ0v) is 12.7. The summed E-state index contributed by atoms with van der Waals surface area (Å²) in [6.45, 7) is 5.56. The van der Waals surface area contributed by atoms with Gasteiger partial charge in [-0.05, 0) is 13.3 Å². The summed E-state index contributed by atoms with van der Waals surface area (Å²) in [7, 11) is 3.90. The van der Waals surface area contributed by atoms with Crippen LogP contribution in [0.25, 0.3) is 0 Å². The van der Waals surface area contributed by atoms with Gasteiger partial charge in [0.15, 0.2) is 5.96 Å². The molecule has 0 bridgehead atoms. The number of aromatic nitrogens is 1. The molecule has 0 amide bonds. The van der Waals surface area contributed by atoms with Crippen molar-refractivity contribution >= 4 is 17.3 Å². The minimum Gasteiger partial charge on any atom is -0.381 e. The lowest BCUT2D eigenvalue weighted by Gasteiger charge is -2.24. The molecule has 1 fully saturated rings. The largest absolute Gasteiger partial charge is 0.381 e. The van der Waals surface area contributed by atoms with Gasteiger partial charge in [-0.15, -0.1) is 11.3 Å². The van der Waals surface area contributed by atoms with Gasteiger partial charge in [-0.1, -0.05) is 0 Å². The fourth-order valence-corrected chi connectivity index (χ4v) is 2.97. The number of hydrogen-bond donors (Lipinski definition) is 1. The number of guanidine groups is 1. The molecule has 0 saturated carbocycles. The first-order chi connectivity index (χ1) is 9.19. The van der Waals surface area contributed by atoms with Crippen molar-refractivity contribution in [1.82, 2.24) is 15.2 Å². The Balaban J connectivity index is 1.81. The van der Waals surface area contributed by atoms with E-state index < -0.39 is 0 Å². The molecule has 1 aromatic heterocycles. The predicted molar refractivity (Wildman–Crippen MR) is 78.6 cm³/mol. The van der Waals surface area contributed by atoms with Crippen LogP contribution in [0.5, 0.6) is 0 Å². The minimum absolute atomic E-state index is 0.620. The molecule has 0 radical (unpaired) electrons. The van der Waals surface area contributed by atoms with Crippen LogP contribution in [-0.4, -0.2) is 49.7 Å². The molecule has 0 aromatic carbocycles. The number of nitrogens with zero attached hydrogens (tertiary/aromatic N) is 3. The summed E-state index contributed by atoms with van der Waals surface area (Å²) in [6.07, 6.45) is 3.07. The molecular weight excluding hydrogens is 260 g/mol. The van der Waals surface area contributed by atoms with E-state index in [1.54, 1.807) is 11.3 Å². The van der Waals surface area contributed by atoms with Gasteiger partial charge in [0, 0.05) is 44.2 Å². The van der Waals surface area contributed by atoms with Crippen molar-refractivity contribution in [2.45, 2.75) is 19.9 Å². The van der Waals surface area contributed by atoms with Gasteiger partial charge in [-0.3, -0.25) is 4.99 Å². The van der Waals surface area contributed by atoms with E-state index in [1.807, 2.05) is 20.2 Å². The van der Waals surface area contributed by atoms with E-state index in [9.17, 15) is 0 Å². The maximum absolute atomic E-state index is 5.41. The molecule has 2 rings (SSSR count). The van der Waals surface area contributed by atoms with Crippen molar-refractivity contribution < 1.29 is 4.74 Å². The average molecular weight is 282 g/mol. The fraction of sp³-hybridized carbons (Fsp3) is 0.692. The highest BCUT2D eigenvalue weighted by Crippen LogP contribution is 2.14. The molecular formula is C13H22N4OS. The number of ether oxygens (including phenoxy) is 1. The van der Waals surface area contributed by atoms with Crippen molar-refractivity contribution in [2.75, 3.05) is 33.9 Å². The van der Waals surface area contributed by atoms with Gasteiger partial charge in [-0.2, -0.15) is 0 Å². The predicted octanol–water partition coefficient (Wildman–Crippen LogP) is 1.50. The first-order valence-corrected chi connectivity index (χ1v) is 7.41. The Morgan fingerprint density at radius 3 is 3.11 bits per heavy atom. The molecule has 5 nitrogen and oxygen atoms in total. The van der Waals surface area contributed by atoms with Gasteiger partial charge < -0.3 is 15.0 Å². The summed E-state index contributed by atoms with van der Waals surface area (Å²) in [5, 5.41) is 4.48. The van der Waals surface area contributed by atoms with Gasteiger partial charge in [-0.25, -0.2) is 4.98 Å². The fourth-order valence-electron chi connectivity index (χ4n) is 2.24. The molecule has 1 aliphatic heterocycles.